The van der Waals surface area contributed by atoms with Gasteiger partial charge >= 0.3 is 0 Å². The monoisotopic (exact) mass is 291 g/mol. The molecule has 0 saturated carbocycles. The van der Waals surface area contributed by atoms with E-state index in [1.54, 1.807) is 0 Å². The molecule has 2 amide bonds. The van der Waals surface area contributed by atoms with Gasteiger partial charge in [-0.1, -0.05) is 0 Å². The first-order valence-electron chi connectivity index (χ1n) is 7.54. The van der Waals surface area contributed by atoms with Crippen molar-refractivity contribution in [3.8, 4) is 0 Å². The number of aromatic nitrogens is 1. The maximum atomic E-state index is 12.2. The van der Waals surface area contributed by atoms with Crippen molar-refractivity contribution in [3.63, 3.8) is 0 Å². The number of rotatable bonds is 3. The summed E-state index contributed by atoms with van der Waals surface area (Å²) in [6, 6.07) is 1.91. The molecule has 0 radical (unpaired) electrons. The minimum absolute atomic E-state index is 0.0882. The summed E-state index contributed by atoms with van der Waals surface area (Å²) in [7, 11) is 0. The molecule has 1 N–H and O–H groups in total. The predicted molar refractivity (Wildman–Crippen MR) is 76.6 cm³/mol. The van der Waals surface area contributed by atoms with Crippen molar-refractivity contribution < 1.29 is 14.3 Å². The molecule has 3 heterocycles. The molecule has 0 aliphatic carbocycles. The Balaban J connectivity index is 1.48. The number of carbonyl (C=O) groups excluding carboxylic acids is 2. The third-order valence-corrected chi connectivity index (χ3v) is 4.17. The van der Waals surface area contributed by atoms with Gasteiger partial charge in [0.15, 0.2) is 0 Å². The lowest BCUT2D eigenvalue weighted by atomic mass is 10.2. The Morgan fingerprint density at radius 2 is 2.00 bits per heavy atom. The summed E-state index contributed by atoms with van der Waals surface area (Å²) in [5.41, 5.74) is 0.998. The van der Waals surface area contributed by atoms with Gasteiger partial charge in [-0.3, -0.25) is 9.59 Å². The van der Waals surface area contributed by atoms with Crippen molar-refractivity contribution in [2.75, 3.05) is 32.8 Å². The van der Waals surface area contributed by atoms with Gasteiger partial charge in [-0.15, -0.1) is 0 Å². The lowest BCUT2D eigenvalue weighted by Crippen LogP contribution is -2.53. The number of nitrogens with zero attached hydrogens (tertiary/aromatic N) is 2. The van der Waals surface area contributed by atoms with E-state index in [2.05, 4.69) is 4.98 Å². The molecule has 2 aliphatic heterocycles. The molecule has 1 aromatic heterocycles. The lowest BCUT2D eigenvalue weighted by molar-refractivity contribution is -0.145. The van der Waals surface area contributed by atoms with E-state index < -0.39 is 0 Å². The van der Waals surface area contributed by atoms with E-state index >= 15 is 0 Å². The Morgan fingerprint density at radius 1 is 1.24 bits per heavy atom. The van der Waals surface area contributed by atoms with Gasteiger partial charge in [-0.05, 0) is 24.5 Å². The number of hydrogen-bond donors (Lipinski definition) is 1. The average Bonchev–Trinajstić information content (AvgIpc) is 3.20. The van der Waals surface area contributed by atoms with Crippen LogP contribution < -0.4 is 0 Å². The van der Waals surface area contributed by atoms with Crippen LogP contribution in [0.15, 0.2) is 18.5 Å². The molecule has 6 heteroatoms. The summed E-state index contributed by atoms with van der Waals surface area (Å²) >= 11 is 0. The molecule has 21 heavy (non-hydrogen) atoms. The first-order chi connectivity index (χ1) is 10.2. The van der Waals surface area contributed by atoms with Gasteiger partial charge in [0.2, 0.25) is 5.91 Å². The minimum atomic E-state index is -0.257. The van der Waals surface area contributed by atoms with Crippen LogP contribution in [0, 0.1) is 0 Å². The Labute approximate surface area is 124 Å². The SMILES string of the molecule is O=C(Cc1cc[nH]c1)N1CCN(C(=O)C2CCCO2)CC1. The molecule has 114 valence electrons. The van der Waals surface area contributed by atoms with Crippen LogP contribution in [0.4, 0.5) is 0 Å². The number of aromatic amines is 1. The smallest absolute Gasteiger partial charge is 0.251 e. The van der Waals surface area contributed by atoms with Gasteiger partial charge in [0.1, 0.15) is 6.10 Å². The number of carbonyl (C=O) groups is 2. The van der Waals surface area contributed by atoms with Gasteiger partial charge in [-0.25, -0.2) is 0 Å². The highest BCUT2D eigenvalue weighted by molar-refractivity contribution is 5.82. The second-order valence-electron chi connectivity index (χ2n) is 5.60. The minimum Gasteiger partial charge on any atom is -0.368 e. The second kappa shape index (κ2) is 6.30. The quantitative estimate of drug-likeness (QED) is 0.877. The molecule has 0 spiro atoms. The molecule has 0 aromatic carbocycles. The Hall–Kier alpha value is -1.82. The largest absolute Gasteiger partial charge is 0.368 e. The highest BCUT2D eigenvalue weighted by Crippen LogP contribution is 2.16. The van der Waals surface area contributed by atoms with Crippen molar-refractivity contribution in [1.29, 1.82) is 0 Å². The van der Waals surface area contributed by atoms with Crippen LogP contribution in [0.25, 0.3) is 0 Å². The second-order valence-corrected chi connectivity index (χ2v) is 5.60. The number of ether oxygens (including phenoxy) is 1. The zero-order valence-corrected chi connectivity index (χ0v) is 12.1. The molecule has 2 aliphatic rings. The zero-order valence-electron chi connectivity index (χ0n) is 12.1. The fourth-order valence-electron chi connectivity index (χ4n) is 2.91. The molecular weight excluding hydrogens is 270 g/mol. The van der Waals surface area contributed by atoms with E-state index in [-0.39, 0.29) is 17.9 Å². The summed E-state index contributed by atoms with van der Waals surface area (Å²) in [4.78, 5) is 31.0. The molecule has 1 unspecified atom stereocenters. The molecular formula is C15H21N3O3. The zero-order chi connectivity index (χ0) is 14.7. The summed E-state index contributed by atoms with van der Waals surface area (Å²) in [6.45, 7) is 3.13. The van der Waals surface area contributed by atoms with Crippen molar-refractivity contribution in [1.82, 2.24) is 14.8 Å². The maximum absolute atomic E-state index is 12.2. The molecule has 0 bridgehead atoms. The number of hydrogen-bond acceptors (Lipinski definition) is 3. The summed E-state index contributed by atoms with van der Waals surface area (Å²) in [6.07, 6.45) is 5.61. The van der Waals surface area contributed by atoms with Crippen molar-refractivity contribution in [3.05, 3.63) is 24.0 Å². The number of H-pyrrole nitrogens is 1. The van der Waals surface area contributed by atoms with E-state index in [4.69, 9.17) is 4.74 Å². The lowest BCUT2D eigenvalue weighted by Gasteiger charge is -2.35. The van der Waals surface area contributed by atoms with E-state index in [0.29, 0.717) is 39.2 Å². The first kappa shape index (κ1) is 14.1. The Kier molecular flexibility index (Phi) is 4.24. The van der Waals surface area contributed by atoms with E-state index in [1.165, 1.54) is 0 Å². The van der Waals surface area contributed by atoms with Crippen LogP contribution in [0.2, 0.25) is 0 Å². The number of amides is 2. The molecule has 6 nitrogen and oxygen atoms in total. The van der Waals surface area contributed by atoms with Gasteiger partial charge in [-0.2, -0.15) is 0 Å². The molecule has 1 aromatic rings. The highest BCUT2D eigenvalue weighted by atomic mass is 16.5. The van der Waals surface area contributed by atoms with E-state index in [0.717, 1.165) is 18.4 Å². The Morgan fingerprint density at radius 3 is 2.62 bits per heavy atom. The fraction of sp³-hybridized carbons (Fsp3) is 0.600. The average molecular weight is 291 g/mol. The van der Waals surface area contributed by atoms with E-state index in [9.17, 15) is 9.59 Å². The van der Waals surface area contributed by atoms with E-state index in [1.807, 2.05) is 28.3 Å². The van der Waals surface area contributed by atoms with Crippen LogP contribution in [0.3, 0.4) is 0 Å². The van der Waals surface area contributed by atoms with Crippen molar-refractivity contribution in [2.24, 2.45) is 0 Å². The van der Waals surface area contributed by atoms with Crippen LogP contribution in [0.1, 0.15) is 18.4 Å². The molecule has 2 saturated heterocycles. The first-order valence-corrected chi connectivity index (χ1v) is 7.54. The van der Waals surface area contributed by atoms with Crippen LogP contribution in [-0.2, 0) is 20.7 Å². The molecule has 3 rings (SSSR count). The topological polar surface area (TPSA) is 65.6 Å². The molecule has 2 fully saturated rings. The fourth-order valence-corrected chi connectivity index (χ4v) is 2.91. The summed E-state index contributed by atoms with van der Waals surface area (Å²) in [5.74, 6) is 0.212. The van der Waals surface area contributed by atoms with Gasteiger partial charge in [0.05, 0.1) is 6.42 Å². The van der Waals surface area contributed by atoms with Crippen LogP contribution in [0.5, 0.6) is 0 Å². The highest BCUT2D eigenvalue weighted by Gasteiger charge is 2.31. The standard InChI is InChI=1S/C15H21N3O3/c19-14(10-12-3-4-16-11-12)17-5-7-18(8-6-17)15(20)13-2-1-9-21-13/h3-4,11,13,16H,1-2,5-10H2. The third-order valence-electron chi connectivity index (χ3n) is 4.17. The van der Waals surface area contributed by atoms with Crippen LogP contribution >= 0.6 is 0 Å². The maximum Gasteiger partial charge on any atom is 0.251 e. The molecule has 1 atom stereocenters. The number of nitrogens with one attached hydrogen (secondary N) is 1. The van der Waals surface area contributed by atoms with Crippen molar-refractivity contribution in [2.45, 2.75) is 25.4 Å². The van der Waals surface area contributed by atoms with Crippen molar-refractivity contribution >= 4 is 11.8 Å². The van der Waals surface area contributed by atoms with Crippen LogP contribution in [-0.4, -0.2) is 65.5 Å². The third kappa shape index (κ3) is 3.26. The summed E-state index contributed by atoms with van der Waals surface area (Å²) < 4.78 is 5.44. The Bertz CT molecular complexity index is 486. The predicted octanol–water partition coefficient (Wildman–Crippen LogP) is 0.407. The van der Waals surface area contributed by atoms with Gasteiger partial charge in [0.25, 0.3) is 5.91 Å². The van der Waals surface area contributed by atoms with Gasteiger partial charge in [0, 0.05) is 45.2 Å². The normalized spacial score (nSPS) is 22.6. The summed E-state index contributed by atoms with van der Waals surface area (Å²) in [5, 5.41) is 0. The number of piperazine rings is 1. The van der Waals surface area contributed by atoms with Gasteiger partial charge < -0.3 is 19.5 Å².